The smallest absolute Gasteiger partial charge is 0.0960 e. The van der Waals surface area contributed by atoms with Crippen LogP contribution in [-0.4, -0.2) is 23.3 Å². The van der Waals surface area contributed by atoms with Crippen LogP contribution >= 0.6 is 0 Å². The fourth-order valence-corrected chi connectivity index (χ4v) is 3.55. The molecule has 92 valence electrons. The molecule has 1 aliphatic heterocycles. The minimum atomic E-state index is 0.674. The Morgan fingerprint density at radius 2 is 1.94 bits per heavy atom. The molecule has 0 spiro atoms. The second kappa shape index (κ2) is 5.70. The summed E-state index contributed by atoms with van der Waals surface area (Å²) in [4.78, 5) is 2.43. The highest BCUT2D eigenvalue weighted by Crippen LogP contribution is 2.32. The summed E-state index contributed by atoms with van der Waals surface area (Å²) < 4.78 is 0. The molecule has 2 heteroatoms. The summed E-state index contributed by atoms with van der Waals surface area (Å²) in [6.45, 7) is 3.45. The maximum absolute atomic E-state index is 8.12. The Morgan fingerprint density at radius 3 is 2.56 bits per heavy atom. The summed E-state index contributed by atoms with van der Waals surface area (Å²) >= 11 is 0. The van der Waals surface area contributed by atoms with Crippen LogP contribution in [0.15, 0.2) is 0 Å². The molecule has 1 saturated heterocycles. The third-order valence-corrected chi connectivity index (χ3v) is 4.42. The quantitative estimate of drug-likeness (QED) is 0.772. The van der Waals surface area contributed by atoms with Crippen molar-refractivity contribution in [2.24, 2.45) is 5.92 Å². The van der Waals surface area contributed by atoms with Crippen LogP contribution in [0.1, 0.15) is 64.7 Å². The average Bonchev–Trinajstić information content (AvgIpc) is 2.34. The van der Waals surface area contributed by atoms with Crippen molar-refractivity contribution in [3.05, 3.63) is 0 Å². The molecule has 0 bridgehead atoms. The van der Waals surface area contributed by atoms with Gasteiger partial charge in [-0.1, -0.05) is 26.2 Å². The number of nitrogens with zero attached hydrogens (tertiary/aromatic N) is 1. The van der Waals surface area contributed by atoms with Gasteiger partial charge in [0.1, 0.15) is 0 Å². The van der Waals surface area contributed by atoms with E-state index in [0.717, 1.165) is 24.7 Å². The molecule has 1 N–H and O–H groups in total. The van der Waals surface area contributed by atoms with Gasteiger partial charge in [0.2, 0.25) is 0 Å². The molecule has 1 saturated carbocycles. The third-order valence-electron chi connectivity index (χ3n) is 4.42. The number of hydrogen-bond donors (Lipinski definition) is 1. The number of piperidine rings is 1. The van der Waals surface area contributed by atoms with E-state index in [0.29, 0.717) is 6.04 Å². The second-order valence-electron chi connectivity index (χ2n) is 5.47. The van der Waals surface area contributed by atoms with Crippen molar-refractivity contribution in [2.45, 2.75) is 70.8 Å². The van der Waals surface area contributed by atoms with Crippen LogP contribution in [0.3, 0.4) is 0 Å². The molecule has 1 heterocycles. The van der Waals surface area contributed by atoms with E-state index < -0.39 is 0 Å². The summed E-state index contributed by atoms with van der Waals surface area (Å²) in [7, 11) is 0. The van der Waals surface area contributed by atoms with Crippen LogP contribution in [0.4, 0.5) is 0 Å². The summed E-state index contributed by atoms with van der Waals surface area (Å²) in [5.41, 5.74) is 0. The van der Waals surface area contributed by atoms with Gasteiger partial charge in [0, 0.05) is 19.0 Å². The molecule has 2 nitrogen and oxygen atoms in total. The third kappa shape index (κ3) is 2.58. The zero-order valence-corrected chi connectivity index (χ0v) is 10.7. The first-order valence-electron chi connectivity index (χ1n) is 7.17. The summed E-state index contributed by atoms with van der Waals surface area (Å²) in [5, 5.41) is 8.12. The first kappa shape index (κ1) is 11.9. The molecular formula is C14H26N2. The van der Waals surface area contributed by atoms with Crippen molar-refractivity contribution in [3.8, 4) is 0 Å². The van der Waals surface area contributed by atoms with Crippen LogP contribution in [0.2, 0.25) is 0 Å². The zero-order valence-electron chi connectivity index (χ0n) is 10.7. The fraction of sp³-hybridized carbons (Fsp3) is 0.929. The Kier molecular flexibility index (Phi) is 4.25. The van der Waals surface area contributed by atoms with Crippen molar-refractivity contribution in [3.63, 3.8) is 0 Å². The van der Waals surface area contributed by atoms with Crippen LogP contribution in [0, 0.1) is 11.3 Å². The summed E-state index contributed by atoms with van der Waals surface area (Å²) in [6.07, 6.45) is 11.9. The minimum absolute atomic E-state index is 0.674. The van der Waals surface area contributed by atoms with Crippen molar-refractivity contribution >= 4 is 5.84 Å². The van der Waals surface area contributed by atoms with Gasteiger partial charge in [0.25, 0.3) is 0 Å². The maximum atomic E-state index is 8.12. The standard InChI is InChI=1S/C14H26N2/c1-2-13(12-8-4-3-5-9-12)16-11-7-6-10-14(16)15/h12-13,15H,2-11H2,1H3. The first-order valence-corrected chi connectivity index (χ1v) is 7.17. The largest absolute Gasteiger partial charge is 0.357 e. The van der Waals surface area contributed by atoms with Crippen molar-refractivity contribution in [1.82, 2.24) is 4.90 Å². The van der Waals surface area contributed by atoms with Gasteiger partial charge in [0.05, 0.1) is 5.84 Å². The highest BCUT2D eigenvalue weighted by Gasteiger charge is 2.29. The lowest BCUT2D eigenvalue weighted by molar-refractivity contribution is 0.165. The Morgan fingerprint density at radius 1 is 1.19 bits per heavy atom. The predicted molar refractivity (Wildman–Crippen MR) is 68.9 cm³/mol. The SMILES string of the molecule is CCC(C1CCCCC1)N1CCCCC1=N. The zero-order chi connectivity index (χ0) is 11.4. The van der Waals surface area contributed by atoms with Crippen LogP contribution in [0.25, 0.3) is 0 Å². The molecule has 2 fully saturated rings. The Balaban J connectivity index is 1.99. The number of nitrogens with one attached hydrogen (secondary N) is 1. The van der Waals surface area contributed by atoms with E-state index >= 15 is 0 Å². The fourth-order valence-electron chi connectivity index (χ4n) is 3.55. The van der Waals surface area contributed by atoms with Crippen LogP contribution < -0.4 is 0 Å². The number of likely N-dealkylation sites (tertiary alicyclic amines) is 1. The molecule has 0 amide bonds. The molecule has 0 aromatic rings. The molecule has 1 atom stereocenters. The van der Waals surface area contributed by atoms with Gasteiger partial charge in [-0.3, -0.25) is 5.41 Å². The lowest BCUT2D eigenvalue weighted by Gasteiger charge is -2.42. The number of hydrogen-bond acceptors (Lipinski definition) is 1. The Hall–Kier alpha value is -0.530. The van der Waals surface area contributed by atoms with Crippen molar-refractivity contribution < 1.29 is 0 Å². The van der Waals surface area contributed by atoms with Crippen molar-refractivity contribution in [2.75, 3.05) is 6.54 Å². The van der Waals surface area contributed by atoms with E-state index in [9.17, 15) is 0 Å². The van der Waals surface area contributed by atoms with Gasteiger partial charge >= 0.3 is 0 Å². The monoisotopic (exact) mass is 222 g/mol. The first-order chi connectivity index (χ1) is 7.83. The summed E-state index contributed by atoms with van der Waals surface area (Å²) in [5.74, 6) is 1.79. The van der Waals surface area contributed by atoms with E-state index in [4.69, 9.17) is 5.41 Å². The van der Waals surface area contributed by atoms with Gasteiger partial charge < -0.3 is 4.90 Å². The molecule has 0 aromatic carbocycles. The van der Waals surface area contributed by atoms with E-state index in [-0.39, 0.29) is 0 Å². The van der Waals surface area contributed by atoms with Crippen LogP contribution in [-0.2, 0) is 0 Å². The second-order valence-corrected chi connectivity index (χ2v) is 5.47. The molecule has 1 unspecified atom stereocenters. The molecule has 2 rings (SSSR count). The molecule has 0 radical (unpaired) electrons. The highest BCUT2D eigenvalue weighted by atomic mass is 15.2. The minimum Gasteiger partial charge on any atom is -0.357 e. The molecule has 2 aliphatic rings. The molecular weight excluding hydrogens is 196 g/mol. The lowest BCUT2D eigenvalue weighted by Crippen LogP contribution is -2.46. The van der Waals surface area contributed by atoms with Crippen LogP contribution in [0.5, 0.6) is 0 Å². The maximum Gasteiger partial charge on any atom is 0.0960 e. The number of rotatable bonds is 3. The van der Waals surface area contributed by atoms with Gasteiger partial charge in [0.15, 0.2) is 0 Å². The average molecular weight is 222 g/mol. The van der Waals surface area contributed by atoms with Crippen molar-refractivity contribution in [1.29, 1.82) is 5.41 Å². The van der Waals surface area contributed by atoms with E-state index in [2.05, 4.69) is 11.8 Å². The van der Waals surface area contributed by atoms with Gasteiger partial charge in [-0.05, 0) is 38.0 Å². The molecule has 16 heavy (non-hydrogen) atoms. The van der Waals surface area contributed by atoms with E-state index in [1.807, 2.05) is 0 Å². The highest BCUT2D eigenvalue weighted by molar-refractivity contribution is 5.80. The summed E-state index contributed by atoms with van der Waals surface area (Å²) in [6, 6.07) is 0.674. The van der Waals surface area contributed by atoms with E-state index in [1.54, 1.807) is 0 Å². The number of amidine groups is 1. The van der Waals surface area contributed by atoms with Gasteiger partial charge in [-0.2, -0.15) is 0 Å². The Bertz CT molecular complexity index is 231. The predicted octanol–water partition coefficient (Wildman–Crippen LogP) is 3.81. The van der Waals surface area contributed by atoms with Gasteiger partial charge in [-0.15, -0.1) is 0 Å². The lowest BCUT2D eigenvalue weighted by atomic mass is 9.81. The Labute approximate surface area is 99.9 Å². The topological polar surface area (TPSA) is 27.1 Å². The van der Waals surface area contributed by atoms with Gasteiger partial charge in [-0.25, -0.2) is 0 Å². The molecule has 0 aromatic heterocycles. The normalized spacial score (nSPS) is 25.8. The van der Waals surface area contributed by atoms with E-state index in [1.165, 1.54) is 51.4 Å². The molecule has 1 aliphatic carbocycles.